The van der Waals surface area contributed by atoms with Gasteiger partial charge in [0, 0.05) is 22.5 Å². The second-order valence-electron chi connectivity index (χ2n) is 7.27. The van der Waals surface area contributed by atoms with Crippen molar-refractivity contribution in [3.8, 4) is 5.75 Å². The zero-order chi connectivity index (χ0) is 19.5. The molecule has 4 N–H and O–H groups in total. The summed E-state index contributed by atoms with van der Waals surface area (Å²) in [5.74, 6) is 1.56. The van der Waals surface area contributed by atoms with Crippen molar-refractivity contribution in [2.24, 2.45) is 5.73 Å². The molecule has 0 radical (unpaired) electrons. The highest BCUT2D eigenvalue weighted by Crippen LogP contribution is 2.28. The summed E-state index contributed by atoms with van der Waals surface area (Å²) in [6.45, 7) is 0. The van der Waals surface area contributed by atoms with E-state index in [9.17, 15) is 5.11 Å². The van der Waals surface area contributed by atoms with E-state index in [-0.39, 0.29) is 5.75 Å². The molecule has 0 unspecified atom stereocenters. The molecular weight excluding hydrogens is 372 g/mol. The topological polar surface area (TPSA) is 84.1 Å². The van der Waals surface area contributed by atoms with Crippen LogP contribution in [0.1, 0.15) is 37.1 Å². The Labute approximate surface area is 169 Å². The van der Waals surface area contributed by atoms with Crippen molar-refractivity contribution in [1.82, 2.24) is 9.97 Å². The van der Waals surface area contributed by atoms with E-state index < -0.39 is 0 Å². The number of rotatable bonds is 4. The quantitative estimate of drug-likeness (QED) is 0.589. The Bertz CT molecular complexity index is 995. The second kappa shape index (κ2) is 8.17. The molecule has 0 bridgehead atoms. The normalized spacial score (nSPS) is 19.9. The van der Waals surface area contributed by atoms with Gasteiger partial charge >= 0.3 is 0 Å². The van der Waals surface area contributed by atoms with Gasteiger partial charge in [-0.15, -0.1) is 0 Å². The summed E-state index contributed by atoms with van der Waals surface area (Å²) in [6.07, 6.45) is 7.90. The molecule has 1 fully saturated rings. The Morgan fingerprint density at radius 1 is 1.00 bits per heavy atom. The number of nitrogens with zero attached hydrogens (tertiary/aromatic N) is 2. The summed E-state index contributed by atoms with van der Waals surface area (Å²) in [4.78, 5) is 9.33. The first-order valence-electron chi connectivity index (χ1n) is 9.53. The molecule has 5 nitrogen and oxygen atoms in total. The van der Waals surface area contributed by atoms with Crippen LogP contribution in [0.2, 0.25) is 5.02 Å². The number of benzene rings is 2. The van der Waals surface area contributed by atoms with Gasteiger partial charge in [-0.1, -0.05) is 29.8 Å². The molecule has 28 heavy (non-hydrogen) atoms. The van der Waals surface area contributed by atoms with Crippen LogP contribution in [0.15, 0.2) is 42.5 Å². The van der Waals surface area contributed by atoms with Gasteiger partial charge in [0.15, 0.2) is 5.82 Å². The van der Waals surface area contributed by atoms with Crippen LogP contribution in [0, 0.1) is 0 Å². The largest absolute Gasteiger partial charge is 0.508 e. The number of phenolic OH excluding ortho intramolecular Hbond substituents is 1. The number of hydrogen-bond donors (Lipinski definition) is 3. The van der Waals surface area contributed by atoms with Gasteiger partial charge in [-0.05, 0) is 67.7 Å². The number of nitrogens with one attached hydrogen (secondary N) is 1. The molecule has 4 rings (SSSR count). The van der Waals surface area contributed by atoms with E-state index in [0.717, 1.165) is 48.0 Å². The van der Waals surface area contributed by atoms with Crippen LogP contribution >= 0.6 is 11.6 Å². The minimum absolute atomic E-state index is 0.203. The zero-order valence-electron chi connectivity index (χ0n) is 15.5. The summed E-state index contributed by atoms with van der Waals surface area (Å²) in [5, 5.41) is 15.0. The molecule has 1 aromatic heterocycles. The van der Waals surface area contributed by atoms with E-state index in [1.165, 1.54) is 0 Å². The molecule has 0 spiro atoms. The molecule has 6 heteroatoms. The van der Waals surface area contributed by atoms with Crippen molar-refractivity contribution in [1.29, 1.82) is 0 Å². The van der Waals surface area contributed by atoms with Crippen molar-refractivity contribution < 1.29 is 5.11 Å². The highest BCUT2D eigenvalue weighted by Gasteiger charge is 2.20. The second-order valence-corrected chi connectivity index (χ2v) is 7.71. The summed E-state index contributed by atoms with van der Waals surface area (Å²) < 4.78 is 0. The third-order valence-corrected chi connectivity index (χ3v) is 5.36. The van der Waals surface area contributed by atoms with Gasteiger partial charge in [-0.25, -0.2) is 9.97 Å². The number of aromatic nitrogens is 2. The average Bonchev–Trinajstić information content (AvgIpc) is 2.70. The lowest BCUT2D eigenvalue weighted by molar-refractivity contribution is 0.410. The lowest BCUT2D eigenvalue weighted by atomic mass is 9.92. The van der Waals surface area contributed by atoms with Gasteiger partial charge < -0.3 is 16.2 Å². The highest BCUT2D eigenvalue weighted by atomic mass is 35.5. The molecule has 144 valence electrons. The maximum atomic E-state index is 9.91. The summed E-state index contributed by atoms with van der Waals surface area (Å²) in [6, 6.07) is 13.4. The number of nitrogens with two attached hydrogens (primary N) is 1. The fourth-order valence-electron chi connectivity index (χ4n) is 3.52. The minimum Gasteiger partial charge on any atom is -0.508 e. The first-order valence-corrected chi connectivity index (χ1v) is 9.91. The predicted molar refractivity (Wildman–Crippen MR) is 115 cm³/mol. The predicted octanol–water partition coefficient (Wildman–Crippen LogP) is 4.84. The maximum absolute atomic E-state index is 9.91. The Morgan fingerprint density at radius 2 is 1.75 bits per heavy atom. The Balaban J connectivity index is 1.65. The van der Waals surface area contributed by atoms with Gasteiger partial charge in [0.25, 0.3) is 0 Å². The van der Waals surface area contributed by atoms with Crippen molar-refractivity contribution in [2.45, 2.75) is 37.8 Å². The molecule has 0 atom stereocenters. The van der Waals surface area contributed by atoms with Gasteiger partial charge in [-0.3, -0.25) is 0 Å². The lowest BCUT2D eigenvalue weighted by Crippen LogP contribution is -2.33. The van der Waals surface area contributed by atoms with E-state index in [1.54, 1.807) is 12.1 Å². The van der Waals surface area contributed by atoms with Crippen LogP contribution < -0.4 is 11.1 Å². The smallest absolute Gasteiger partial charge is 0.154 e. The molecule has 1 saturated carbocycles. The molecular formula is C22H23ClN4O. The Hall–Kier alpha value is -2.63. The van der Waals surface area contributed by atoms with Gasteiger partial charge in [0.1, 0.15) is 11.6 Å². The monoisotopic (exact) mass is 394 g/mol. The minimum atomic E-state index is 0.203. The van der Waals surface area contributed by atoms with Crippen molar-refractivity contribution in [3.63, 3.8) is 0 Å². The number of aromatic hydroxyl groups is 1. The zero-order valence-corrected chi connectivity index (χ0v) is 16.2. The molecule has 3 aromatic rings. The third kappa shape index (κ3) is 4.43. The van der Waals surface area contributed by atoms with Crippen molar-refractivity contribution >= 4 is 40.5 Å². The molecule has 0 amide bonds. The standard InChI is InChI=1S/C22H23ClN4O/c23-15-4-1-14(2-5-15)3-12-21-26-20-11-10-18(28)13-19(20)22(27-21)25-17-8-6-16(24)7-9-17/h1-5,10-13,16-17,28H,6-9,24H2,(H,25,26,27). The third-order valence-electron chi connectivity index (χ3n) is 5.10. The SMILES string of the molecule is NC1CCC(Nc2nc(C=Cc3ccc(Cl)cc3)nc3ccc(O)cc23)CC1. The molecule has 0 saturated heterocycles. The number of hydrogen-bond acceptors (Lipinski definition) is 5. The molecule has 1 heterocycles. The number of phenols is 1. The van der Waals surface area contributed by atoms with E-state index in [1.807, 2.05) is 42.5 Å². The van der Waals surface area contributed by atoms with Crippen molar-refractivity contribution in [3.05, 3.63) is 58.9 Å². The van der Waals surface area contributed by atoms with Crippen LogP contribution in [0.25, 0.3) is 23.1 Å². The van der Waals surface area contributed by atoms with Crippen LogP contribution in [0.5, 0.6) is 5.75 Å². The summed E-state index contributed by atoms with van der Waals surface area (Å²) in [7, 11) is 0. The van der Waals surface area contributed by atoms with Gasteiger partial charge in [0.2, 0.25) is 0 Å². The first kappa shape index (κ1) is 18.7. The van der Waals surface area contributed by atoms with Gasteiger partial charge in [0.05, 0.1) is 5.52 Å². The van der Waals surface area contributed by atoms with E-state index >= 15 is 0 Å². The molecule has 1 aliphatic carbocycles. The van der Waals surface area contributed by atoms with Crippen molar-refractivity contribution in [2.75, 3.05) is 5.32 Å². The maximum Gasteiger partial charge on any atom is 0.154 e. The fourth-order valence-corrected chi connectivity index (χ4v) is 3.65. The van der Waals surface area contributed by atoms with Crippen LogP contribution in [0.3, 0.4) is 0 Å². The van der Waals surface area contributed by atoms with Crippen LogP contribution in [-0.4, -0.2) is 27.2 Å². The first-order chi connectivity index (χ1) is 13.6. The Morgan fingerprint density at radius 3 is 2.50 bits per heavy atom. The molecule has 2 aromatic carbocycles. The summed E-state index contributed by atoms with van der Waals surface area (Å²) >= 11 is 5.94. The fraction of sp³-hybridized carbons (Fsp3) is 0.273. The van der Waals surface area contributed by atoms with Crippen LogP contribution in [-0.2, 0) is 0 Å². The number of fused-ring (bicyclic) bond motifs is 1. The number of halogens is 1. The van der Waals surface area contributed by atoms with Gasteiger partial charge in [-0.2, -0.15) is 0 Å². The lowest BCUT2D eigenvalue weighted by Gasteiger charge is -2.27. The molecule has 0 aliphatic heterocycles. The summed E-state index contributed by atoms with van der Waals surface area (Å²) in [5.41, 5.74) is 7.84. The molecule has 1 aliphatic rings. The highest BCUT2D eigenvalue weighted by molar-refractivity contribution is 6.30. The average molecular weight is 395 g/mol. The van der Waals surface area contributed by atoms with E-state index in [2.05, 4.69) is 10.3 Å². The van der Waals surface area contributed by atoms with Crippen LogP contribution in [0.4, 0.5) is 5.82 Å². The number of anilines is 1. The van der Waals surface area contributed by atoms with E-state index in [0.29, 0.717) is 22.9 Å². The Kier molecular flexibility index (Phi) is 5.46. The van der Waals surface area contributed by atoms with E-state index in [4.69, 9.17) is 22.3 Å².